The number of aromatic nitrogens is 1. The smallest absolute Gasteiger partial charge is 0.219 e. The van der Waals surface area contributed by atoms with E-state index in [1.54, 1.807) is 6.92 Å². The topological polar surface area (TPSA) is 45.2 Å². The number of carbonyl (C=O) groups is 1. The van der Waals surface area contributed by atoms with Crippen LogP contribution in [0, 0.1) is 0 Å². The van der Waals surface area contributed by atoms with Crippen LogP contribution in [-0.2, 0) is 4.79 Å². The predicted molar refractivity (Wildman–Crippen MR) is 71.1 cm³/mol. The molecular formula is C14H21N3O. The van der Waals surface area contributed by atoms with Gasteiger partial charge in [-0.1, -0.05) is 6.07 Å². The van der Waals surface area contributed by atoms with Crippen molar-refractivity contribution in [3.8, 4) is 0 Å². The van der Waals surface area contributed by atoms with Crippen LogP contribution in [0.25, 0.3) is 0 Å². The molecule has 1 N–H and O–H groups in total. The molecule has 18 heavy (non-hydrogen) atoms. The lowest BCUT2D eigenvalue weighted by Gasteiger charge is -2.33. The van der Waals surface area contributed by atoms with Gasteiger partial charge in [0.1, 0.15) is 0 Å². The van der Waals surface area contributed by atoms with E-state index >= 15 is 0 Å². The fourth-order valence-corrected chi connectivity index (χ4v) is 2.43. The molecule has 1 aliphatic heterocycles. The first-order valence-electron chi connectivity index (χ1n) is 6.59. The standard InChI is InChI=1S/C14H21N3O/c1-11(14-5-3-4-8-15-14)16-13-6-9-17(10-7-13)12(2)18/h3-5,8,11,13,16H,6-7,9-10H2,1-2H3/t11-/m1/s1. The van der Waals surface area contributed by atoms with Crippen molar-refractivity contribution in [3.63, 3.8) is 0 Å². The second kappa shape index (κ2) is 5.96. The van der Waals surface area contributed by atoms with Gasteiger partial charge >= 0.3 is 0 Å². The van der Waals surface area contributed by atoms with Crippen molar-refractivity contribution < 1.29 is 4.79 Å². The van der Waals surface area contributed by atoms with Gasteiger partial charge in [0.25, 0.3) is 0 Å². The van der Waals surface area contributed by atoms with Crippen LogP contribution < -0.4 is 5.32 Å². The Balaban J connectivity index is 1.83. The van der Waals surface area contributed by atoms with Crippen LogP contribution in [0.2, 0.25) is 0 Å². The third kappa shape index (κ3) is 3.29. The van der Waals surface area contributed by atoms with Crippen molar-refractivity contribution in [1.82, 2.24) is 15.2 Å². The van der Waals surface area contributed by atoms with E-state index in [-0.39, 0.29) is 11.9 Å². The lowest BCUT2D eigenvalue weighted by molar-refractivity contribution is -0.129. The van der Waals surface area contributed by atoms with E-state index in [9.17, 15) is 4.79 Å². The summed E-state index contributed by atoms with van der Waals surface area (Å²) in [5.74, 6) is 0.186. The summed E-state index contributed by atoms with van der Waals surface area (Å²) >= 11 is 0. The van der Waals surface area contributed by atoms with E-state index < -0.39 is 0 Å². The number of carbonyl (C=O) groups excluding carboxylic acids is 1. The summed E-state index contributed by atoms with van der Waals surface area (Å²) < 4.78 is 0. The fourth-order valence-electron chi connectivity index (χ4n) is 2.43. The van der Waals surface area contributed by atoms with E-state index in [1.807, 2.05) is 29.3 Å². The van der Waals surface area contributed by atoms with Gasteiger partial charge < -0.3 is 10.2 Å². The van der Waals surface area contributed by atoms with Crippen LogP contribution >= 0.6 is 0 Å². The summed E-state index contributed by atoms with van der Waals surface area (Å²) in [7, 11) is 0. The maximum Gasteiger partial charge on any atom is 0.219 e. The van der Waals surface area contributed by atoms with E-state index in [1.165, 1.54) is 0 Å². The molecule has 4 heteroatoms. The molecule has 2 rings (SSSR count). The third-order valence-electron chi connectivity index (χ3n) is 3.56. The summed E-state index contributed by atoms with van der Waals surface area (Å²) in [6.45, 7) is 5.51. The predicted octanol–water partition coefficient (Wildman–Crippen LogP) is 1.74. The van der Waals surface area contributed by atoms with Crippen LogP contribution in [0.4, 0.5) is 0 Å². The molecule has 1 fully saturated rings. The second-order valence-electron chi connectivity index (χ2n) is 4.92. The van der Waals surface area contributed by atoms with Crippen molar-refractivity contribution in [3.05, 3.63) is 30.1 Å². The van der Waals surface area contributed by atoms with Gasteiger partial charge in [0.2, 0.25) is 5.91 Å². The Bertz CT molecular complexity index is 385. The summed E-state index contributed by atoms with van der Waals surface area (Å²) in [5.41, 5.74) is 1.08. The van der Waals surface area contributed by atoms with Gasteiger partial charge in [0.05, 0.1) is 5.69 Å². The van der Waals surface area contributed by atoms with Crippen LogP contribution in [-0.4, -0.2) is 34.9 Å². The molecule has 1 aromatic rings. The molecule has 1 saturated heterocycles. The van der Waals surface area contributed by atoms with Crippen LogP contribution in [0.3, 0.4) is 0 Å². The highest BCUT2D eigenvalue weighted by Crippen LogP contribution is 2.15. The largest absolute Gasteiger partial charge is 0.343 e. The highest BCUT2D eigenvalue weighted by molar-refractivity contribution is 5.73. The molecule has 1 aromatic heterocycles. The molecule has 0 spiro atoms. The minimum Gasteiger partial charge on any atom is -0.343 e. The summed E-state index contributed by atoms with van der Waals surface area (Å²) in [4.78, 5) is 17.5. The highest BCUT2D eigenvalue weighted by Gasteiger charge is 2.22. The van der Waals surface area contributed by atoms with Gasteiger partial charge in [0, 0.05) is 38.3 Å². The van der Waals surface area contributed by atoms with Crippen LogP contribution in [0.1, 0.15) is 38.4 Å². The molecule has 98 valence electrons. The molecule has 1 amide bonds. The highest BCUT2D eigenvalue weighted by atomic mass is 16.2. The minimum absolute atomic E-state index is 0.186. The Morgan fingerprint density at radius 3 is 2.72 bits per heavy atom. The Hall–Kier alpha value is -1.42. The molecule has 0 aromatic carbocycles. The number of rotatable bonds is 3. The first-order valence-corrected chi connectivity index (χ1v) is 6.59. The van der Waals surface area contributed by atoms with E-state index in [0.29, 0.717) is 6.04 Å². The van der Waals surface area contributed by atoms with Gasteiger partial charge in [0.15, 0.2) is 0 Å². The Morgan fingerprint density at radius 1 is 1.44 bits per heavy atom. The Kier molecular flexibility index (Phi) is 4.31. The van der Waals surface area contributed by atoms with Gasteiger partial charge in [-0.25, -0.2) is 0 Å². The molecule has 0 saturated carbocycles. The molecule has 1 atom stereocenters. The molecule has 0 radical (unpaired) electrons. The minimum atomic E-state index is 0.186. The molecule has 0 aliphatic carbocycles. The van der Waals surface area contributed by atoms with Gasteiger partial charge in [-0.05, 0) is 31.9 Å². The van der Waals surface area contributed by atoms with Crippen molar-refractivity contribution in [1.29, 1.82) is 0 Å². The molecular weight excluding hydrogens is 226 g/mol. The number of hydrogen-bond acceptors (Lipinski definition) is 3. The average Bonchev–Trinajstić information content (AvgIpc) is 2.40. The molecule has 0 bridgehead atoms. The lowest BCUT2D eigenvalue weighted by Crippen LogP contribution is -2.44. The monoisotopic (exact) mass is 247 g/mol. The molecule has 4 nitrogen and oxygen atoms in total. The van der Waals surface area contributed by atoms with E-state index in [2.05, 4.69) is 17.2 Å². The second-order valence-corrected chi connectivity index (χ2v) is 4.92. The van der Waals surface area contributed by atoms with Gasteiger partial charge in [-0.15, -0.1) is 0 Å². The zero-order chi connectivity index (χ0) is 13.0. The van der Waals surface area contributed by atoms with E-state index in [0.717, 1.165) is 31.6 Å². The summed E-state index contributed by atoms with van der Waals surface area (Å²) in [6, 6.07) is 6.74. The summed E-state index contributed by atoms with van der Waals surface area (Å²) in [6.07, 6.45) is 3.87. The van der Waals surface area contributed by atoms with Gasteiger partial charge in [-0.3, -0.25) is 9.78 Å². The zero-order valence-electron chi connectivity index (χ0n) is 11.1. The van der Waals surface area contributed by atoms with Crippen LogP contribution in [0.5, 0.6) is 0 Å². The molecule has 1 aliphatic rings. The maximum atomic E-state index is 11.2. The van der Waals surface area contributed by atoms with Crippen molar-refractivity contribution in [2.24, 2.45) is 0 Å². The maximum absolute atomic E-state index is 11.2. The quantitative estimate of drug-likeness (QED) is 0.885. The molecule has 2 heterocycles. The first-order chi connectivity index (χ1) is 8.66. The van der Waals surface area contributed by atoms with E-state index in [4.69, 9.17) is 0 Å². The normalized spacial score (nSPS) is 18.7. The number of pyridine rings is 1. The van der Waals surface area contributed by atoms with Crippen molar-refractivity contribution in [2.75, 3.05) is 13.1 Å². The average molecular weight is 247 g/mol. The number of nitrogens with zero attached hydrogens (tertiary/aromatic N) is 2. The van der Waals surface area contributed by atoms with Crippen molar-refractivity contribution >= 4 is 5.91 Å². The fraction of sp³-hybridized carbons (Fsp3) is 0.571. The zero-order valence-corrected chi connectivity index (χ0v) is 11.1. The Morgan fingerprint density at radius 2 is 2.17 bits per heavy atom. The van der Waals surface area contributed by atoms with Crippen molar-refractivity contribution in [2.45, 2.75) is 38.8 Å². The third-order valence-corrected chi connectivity index (χ3v) is 3.56. The number of amides is 1. The number of hydrogen-bond donors (Lipinski definition) is 1. The SMILES string of the molecule is CC(=O)N1CCC(N[C@H](C)c2ccccn2)CC1. The first kappa shape index (κ1) is 13.0. The molecule has 0 unspecified atom stereocenters. The number of nitrogens with one attached hydrogen (secondary N) is 1. The van der Waals surface area contributed by atoms with Crippen LogP contribution in [0.15, 0.2) is 24.4 Å². The Labute approximate surface area is 108 Å². The summed E-state index contributed by atoms with van der Waals surface area (Å²) in [5, 5.41) is 3.59. The lowest BCUT2D eigenvalue weighted by atomic mass is 10.0. The van der Waals surface area contributed by atoms with Gasteiger partial charge in [-0.2, -0.15) is 0 Å². The number of likely N-dealkylation sites (tertiary alicyclic amines) is 1. The number of piperidine rings is 1.